The SMILES string of the molecule is CC(C)(C)NC(=O)CCSC(=N)N.Cl. The van der Waals surface area contributed by atoms with Gasteiger partial charge in [-0.1, -0.05) is 11.8 Å². The van der Waals surface area contributed by atoms with Gasteiger partial charge in [-0.2, -0.15) is 0 Å². The molecule has 0 spiro atoms. The summed E-state index contributed by atoms with van der Waals surface area (Å²) in [5, 5.41) is 9.82. The highest BCUT2D eigenvalue weighted by Crippen LogP contribution is 2.03. The van der Waals surface area contributed by atoms with Gasteiger partial charge in [0.2, 0.25) is 5.91 Å². The van der Waals surface area contributed by atoms with Crippen LogP contribution in [0.4, 0.5) is 0 Å². The maximum Gasteiger partial charge on any atom is 0.221 e. The van der Waals surface area contributed by atoms with Gasteiger partial charge < -0.3 is 11.1 Å². The molecular formula is C8H18ClN3OS. The highest BCUT2D eigenvalue weighted by molar-refractivity contribution is 8.13. The summed E-state index contributed by atoms with van der Waals surface area (Å²) < 4.78 is 0. The van der Waals surface area contributed by atoms with Gasteiger partial charge in [-0.05, 0) is 20.8 Å². The van der Waals surface area contributed by atoms with Crippen molar-refractivity contribution < 1.29 is 4.79 Å². The van der Waals surface area contributed by atoms with Crippen LogP contribution in [0.2, 0.25) is 0 Å². The van der Waals surface area contributed by atoms with Crippen LogP contribution in [0.5, 0.6) is 0 Å². The summed E-state index contributed by atoms with van der Waals surface area (Å²) in [6.07, 6.45) is 0.404. The lowest BCUT2D eigenvalue weighted by Gasteiger charge is -2.20. The zero-order valence-electron chi connectivity index (χ0n) is 8.72. The van der Waals surface area contributed by atoms with E-state index in [0.717, 1.165) is 0 Å². The molecule has 0 saturated heterocycles. The third-order valence-electron chi connectivity index (χ3n) is 1.10. The van der Waals surface area contributed by atoms with Crippen LogP contribution in [0.15, 0.2) is 0 Å². The maximum absolute atomic E-state index is 11.2. The van der Waals surface area contributed by atoms with Gasteiger partial charge in [-0.25, -0.2) is 0 Å². The molecule has 0 aromatic heterocycles. The molecule has 14 heavy (non-hydrogen) atoms. The normalized spacial score (nSPS) is 10.2. The van der Waals surface area contributed by atoms with E-state index in [1.165, 1.54) is 11.8 Å². The number of nitrogens with one attached hydrogen (secondary N) is 2. The van der Waals surface area contributed by atoms with E-state index in [1.54, 1.807) is 0 Å². The zero-order valence-corrected chi connectivity index (χ0v) is 10.3. The van der Waals surface area contributed by atoms with E-state index in [4.69, 9.17) is 11.1 Å². The number of amides is 1. The number of hydrogen-bond acceptors (Lipinski definition) is 3. The largest absolute Gasteiger partial charge is 0.379 e. The molecule has 0 rings (SSSR count). The lowest BCUT2D eigenvalue weighted by Crippen LogP contribution is -2.40. The van der Waals surface area contributed by atoms with Crippen molar-refractivity contribution in [2.75, 3.05) is 5.75 Å². The molecule has 0 aliphatic rings. The minimum absolute atomic E-state index is 0. The number of carbonyl (C=O) groups is 1. The molecule has 0 saturated carbocycles. The smallest absolute Gasteiger partial charge is 0.221 e. The van der Waals surface area contributed by atoms with Crippen molar-refractivity contribution in [3.8, 4) is 0 Å². The second-order valence-corrected chi connectivity index (χ2v) is 4.90. The van der Waals surface area contributed by atoms with Crippen molar-refractivity contribution in [3.05, 3.63) is 0 Å². The second kappa shape index (κ2) is 6.95. The van der Waals surface area contributed by atoms with E-state index in [9.17, 15) is 4.79 Å². The van der Waals surface area contributed by atoms with E-state index < -0.39 is 0 Å². The lowest BCUT2D eigenvalue weighted by molar-refractivity contribution is -0.122. The number of thioether (sulfide) groups is 1. The Morgan fingerprint density at radius 2 is 2.00 bits per heavy atom. The summed E-state index contributed by atoms with van der Waals surface area (Å²) in [5.74, 6) is 0.568. The number of rotatable bonds is 3. The molecule has 0 bridgehead atoms. The monoisotopic (exact) mass is 239 g/mol. The molecule has 0 heterocycles. The molecule has 0 aliphatic carbocycles. The molecule has 0 radical (unpaired) electrons. The van der Waals surface area contributed by atoms with Crippen LogP contribution in [-0.4, -0.2) is 22.4 Å². The third-order valence-corrected chi connectivity index (χ3v) is 1.82. The van der Waals surface area contributed by atoms with Crippen molar-refractivity contribution in [2.45, 2.75) is 32.7 Å². The highest BCUT2D eigenvalue weighted by atomic mass is 35.5. The first-order chi connectivity index (χ1) is 5.81. The molecule has 0 fully saturated rings. The van der Waals surface area contributed by atoms with E-state index >= 15 is 0 Å². The van der Waals surface area contributed by atoms with Crippen LogP contribution in [0.25, 0.3) is 0 Å². The van der Waals surface area contributed by atoms with Crippen LogP contribution < -0.4 is 11.1 Å². The van der Waals surface area contributed by atoms with Crippen molar-refractivity contribution in [2.24, 2.45) is 5.73 Å². The van der Waals surface area contributed by atoms with Gasteiger partial charge in [0.15, 0.2) is 5.17 Å². The number of carbonyl (C=O) groups excluding carboxylic acids is 1. The van der Waals surface area contributed by atoms with Crippen molar-refractivity contribution in [3.63, 3.8) is 0 Å². The fraction of sp³-hybridized carbons (Fsp3) is 0.750. The van der Waals surface area contributed by atoms with Gasteiger partial charge >= 0.3 is 0 Å². The summed E-state index contributed by atoms with van der Waals surface area (Å²) in [4.78, 5) is 11.2. The number of nitrogens with two attached hydrogens (primary N) is 1. The standard InChI is InChI=1S/C8H17N3OS.ClH/c1-8(2,3)11-6(12)4-5-13-7(9)10;/h4-5H2,1-3H3,(H3,9,10)(H,11,12);1H. The molecule has 0 aromatic carbocycles. The molecule has 0 aliphatic heterocycles. The zero-order chi connectivity index (χ0) is 10.5. The topological polar surface area (TPSA) is 79.0 Å². The highest BCUT2D eigenvalue weighted by Gasteiger charge is 2.12. The number of halogens is 1. The Bertz CT molecular complexity index is 203. The first-order valence-electron chi connectivity index (χ1n) is 4.09. The molecular weight excluding hydrogens is 222 g/mol. The quantitative estimate of drug-likeness (QED) is 0.514. The Morgan fingerprint density at radius 1 is 1.50 bits per heavy atom. The van der Waals surface area contributed by atoms with Crippen LogP contribution in [0.1, 0.15) is 27.2 Å². The molecule has 4 nitrogen and oxygen atoms in total. The van der Waals surface area contributed by atoms with Crippen LogP contribution in [-0.2, 0) is 4.79 Å². The molecule has 6 heteroatoms. The second-order valence-electron chi connectivity index (χ2n) is 3.76. The van der Waals surface area contributed by atoms with Gasteiger partial charge in [0, 0.05) is 17.7 Å². The Balaban J connectivity index is 0. The molecule has 4 N–H and O–H groups in total. The summed E-state index contributed by atoms with van der Waals surface area (Å²) in [7, 11) is 0. The number of hydrogen-bond donors (Lipinski definition) is 3. The molecule has 0 aromatic rings. The average molecular weight is 240 g/mol. The Kier molecular flexibility index (Phi) is 7.96. The predicted octanol–water partition coefficient (Wildman–Crippen LogP) is 1.34. The predicted molar refractivity (Wildman–Crippen MR) is 64.1 cm³/mol. The van der Waals surface area contributed by atoms with Gasteiger partial charge in [0.05, 0.1) is 0 Å². The molecule has 0 unspecified atom stereocenters. The summed E-state index contributed by atoms with van der Waals surface area (Å²) in [5.41, 5.74) is 4.94. The van der Waals surface area contributed by atoms with Gasteiger partial charge in [-0.15, -0.1) is 12.4 Å². The fourth-order valence-electron chi connectivity index (χ4n) is 0.734. The van der Waals surface area contributed by atoms with E-state index in [1.807, 2.05) is 20.8 Å². The van der Waals surface area contributed by atoms with Gasteiger partial charge in [-0.3, -0.25) is 10.2 Å². The fourth-order valence-corrected chi connectivity index (χ4v) is 1.24. The van der Waals surface area contributed by atoms with E-state index in [0.29, 0.717) is 12.2 Å². The summed E-state index contributed by atoms with van der Waals surface area (Å²) >= 11 is 1.19. The third kappa shape index (κ3) is 11.6. The minimum atomic E-state index is -0.183. The van der Waals surface area contributed by atoms with Crippen LogP contribution in [0, 0.1) is 5.41 Å². The minimum Gasteiger partial charge on any atom is -0.379 e. The van der Waals surface area contributed by atoms with Gasteiger partial charge in [0.25, 0.3) is 0 Å². The van der Waals surface area contributed by atoms with E-state index in [2.05, 4.69) is 5.32 Å². The maximum atomic E-state index is 11.2. The summed E-state index contributed by atoms with van der Waals surface area (Å²) in [6.45, 7) is 5.80. The van der Waals surface area contributed by atoms with Crippen molar-refractivity contribution in [1.29, 1.82) is 5.41 Å². The number of amidine groups is 1. The van der Waals surface area contributed by atoms with Crippen molar-refractivity contribution >= 4 is 35.2 Å². The summed E-state index contributed by atoms with van der Waals surface area (Å²) in [6, 6.07) is 0. The van der Waals surface area contributed by atoms with Crippen molar-refractivity contribution in [1.82, 2.24) is 5.32 Å². The Morgan fingerprint density at radius 3 is 2.36 bits per heavy atom. The van der Waals surface area contributed by atoms with E-state index in [-0.39, 0.29) is 29.0 Å². The molecule has 84 valence electrons. The molecule has 0 atom stereocenters. The Labute approximate surface area is 95.3 Å². The molecule has 1 amide bonds. The first-order valence-corrected chi connectivity index (χ1v) is 5.07. The van der Waals surface area contributed by atoms with Crippen LogP contribution >= 0.6 is 24.2 Å². The lowest BCUT2D eigenvalue weighted by atomic mass is 10.1. The average Bonchev–Trinajstić information content (AvgIpc) is 1.81. The Hall–Kier alpha value is -0.420. The van der Waals surface area contributed by atoms with Crippen LogP contribution in [0.3, 0.4) is 0 Å². The van der Waals surface area contributed by atoms with Gasteiger partial charge in [0.1, 0.15) is 0 Å². The first kappa shape index (κ1) is 16.0.